The molecule has 5 nitrogen and oxygen atoms in total. The van der Waals surface area contributed by atoms with Crippen molar-refractivity contribution >= 4 is 32.8 Å². The molecule has 14 rings (SSSR count). The minimum atomic E-state index is -2.87. The number of aryl methyl sites for hydroxylation is 2. The zero-order chi connectivity index (χ0) is 65.6. The Hall–Kier alpha value is -9.58. The quantitative estimate of drug-likeness (QED) is 0.118. The zero-order valence-electron chi connectivity index (χ0n) is 57.9. The lowest BCUT2D eigenvalue weighted by molar-refractivity contribution is -0.570. The maximum atomic E-state index is 9.40. The maximum absolute atomic E-state index is 9.40. The van der Waals surface area contributed by atoms with E-state index in [0.717, 1.165) is 33.2 Å². The topological polar surface area (TPSA) is 35.9 Å². The van der Waals surface area contributed by atoms with E-state index in [4.69, 9.17) is 26.2 Å². The first-order chi connectivity index (χ1) is 44.2. The normalized spacial score (nSPS) is 15.3. The van der Waals surface area contributed by atoms with Crippen LogP contribution in [0.1, 0.15) is 59.4 Å². The molecule has 3 aromatic heterocycles. The molecule has 0 bridgehead atoms. The van der Waals surface area contributed by atoms with Crippen molar-refractivity contribution in [2.45, 2.75) is 39.9 Å². The van der Waals surface area contributed by atoms with Gasteiger partial charge in [-0.05, 0) is 157 Å². The lowest BCUT2D eigenvalue weighted by atomic mass is 9.83. The number of hydrogen-bond acceptors (Lipinski definition) is 2. The van der Waals surface area contributed by atoms with Crippen LogP contribution >= 0.6 is 0 Å². The van der Waals surface area contributed by atoms with Crippen LogP contribution in [0, 0.1) is 20.0 Å². The summed E-state index contributed by atoms with van der Waals surface area (Å²) in [6.45, 7) is 0.725. The van der Waals surface area contributed by atoms with Crippen molar-refractivity contribution in [3.05, 3.63) is 259 Å². The van der Waals surface area contributed by atoms with Gasteiger partial charge in [0.2, 0.25) is 0 Å². The Kier molecular flexibility index (Phi) is 7.51. The van der Waals surface area contributed by atoms with E-state index in [1.807, 2.05) is 60.8 Å². The van der Waals surface area contributed by atoms with Crippen molar-refractivity contribution in [1.82, 2.24) is 14.1 Å². The molecule has 13 aromatic rings. The molecular weight excluding hydrogens is 937 g/mol. The van der Waals surface area contributed by atoms with Crippen molar-refractivity contribution in [2.75, 3.05) is 0 Å². The lowest BCUT2D eigenvalue weighted by Crippen LogP contribution is -2.32. The smallest absolute Gasteiger partial charge is 0.269 e. The first kappa shape index (κ1) is 32.0. The standard InChI is InChI=1S/C72H54N4O/c1-46-20-16-21-47(2)68(46)62-34-19-33-61-60-32-18-31-55(49-24-10-7-11-25-49)69(60)59-30-13-12-28-56(59)63-40-50(48-22-8-6-9-23-48)41-66-71(63)75(70(61)62)45-74(66)52-26-17-27-53(43-52)77-54-36-37-58-57-29-14-15-35-64(57)76(65(58)44-54)67-42-51(38-39-73-67)72(3,4)5/h6-44H,1-5H3/i1D3,2D3,6D,7D,8D,9D,10D,11D,22D,23D,24D,25D. The molecule has 1 aliphatic heterocycles. The van der Waals surface area contributed by atoms with Crippen molar-refractivity contribution < 1.29 is 31.2 Å². The van der Waals surface area contributed by atoms with Crippen molar-refractivity contribution in [3.63, 3.8) is 0 Å². The van der Waals surface area contributed by atoms with Crippen LogP contribution in [-0.2, 0) is 5.41 Å². The molecule has 0 radical (unpaired) electrons. The highest BCUT2D eigenvalue weighted by Crippen LogP contribution is 2.50. The van der Waals surface area contributed by atoms with Crippen LogP contribution < -0.4 is 9.30 Å². The van der Waals surface area contributed by atoms with Gasteiger partial charge in [-0.1, -0.05) is 190 Å². The largest absolute Gasteiger partial charge is 0.458 e. The third-order valence-electron chi connectivity index (χ3n) is 14.5. The number of imidazole rings is 1. The fourth-order valence-corrected chi connectivity index (χ4v) is 11.1. The van der Waals surface area contributed by atoms with E-state index in [9.17, 15) is 5.48 Å². The average molecular weight is 1010 g/mol. The van der Waals surface area contributed by atoms with E-state index in [-0.39, 0.29) is 55.6 Å². The van der Waals surface area contributed by atoms with Crippen molar-refractivity contribution in [2.24, 2.45) is 0 Å². The molecule has 10 aromatic carbocycles. The minimum Gasteiger partial charge on any atom is -0.458 e. The molecule has 0 N–H and O–H groups in total. The zero-order valence-corrected chi connectivity index (χ0v) is 41.9. The van der Waals surface area contributed by atoms with E-state index in [1.54, 1.807) is 88.0 Å². The van der Waals surface area contributed by atoms with Gasteiger partial charge in [-0.2, -0.15) is 0 Å². The van der Waals surface area contributed by atoms with Crippen molar-refractivity contribution in [3.8, 4) is 95.5 Å². The summed E-state index contributed by atoms with van der Waals surface area (Å²) in [7, 11) is 0. The summed E-state index contributed by atoms with van der Waals surface area (Å²) < 4.78 is 157. The molecule has 4 heterocycles. The van der Waals surface area contributed by atoms with Gasteiger partial charge >= 0.3 is 0 Å². The molecule has 5 heteroatoms. The predicted octanol–water partition coefficient (Wildman–Crippen LogP) is 18.2. The monoisotopic (exact) mass is 1010 g/mol. The number of para-hydroxylation sites is 2. The number of pyridine rings is 1. The Morgan fingerprint density at radius 1 is 0.506 bits per heavy atom. The van der Waals surface area contributed by atoms with E-state index in [1.165, 1.54) is 18.2 Å². The molecule has 0 saturated carbocycles. The molecule has 0 aliphatic carbocycles. The Bertz CT molecular complexity index is 5260. The Balaban J connectivity index is 1.10. The van der Waals surface area contributed by atoms with Gasteiger partial charge in [0, 0.05) is 31.3 Å². The van der Waals surface area contributed by atoms with Gasteiger partial charge in [0.1, 0.15) is 17.3 Å². The molecule has 0 atom stereocenters. The number of benzene rings is 10. The van der Waals surface area contributed by atoms with Crippen LogP contribution in [0.3, 0.4) is 0 Å². The summed E-state index contributed by atoms with van der Waals surface area (Å²) in [6.07, 6.45) is 5.46. The van der Waals surface area contributed by atoms with Gasteiger partial charge in [0.25, 0.3) is 6.33 Å². The first-order valence-corrected chi connectivity index (χ1v) is 25.2. The number of rotatable bonds is 7. The summed E-state index contributed by atoms with van der Waals surface area (Å²) >= 11 is 0. The fourth-order valence-electron chi connectivity index (χ4n) is 11.1. The van der Waals surface area contributed by atoms with Gasteiger partial charge in [-0.15, -0.1) is 0 Å². The Morgan fingerprint density at radius 2 is 1.17 bits per heavy atom. The highest BCUT2D eigenvalue weighted by molar-refractivity contribution is 6.10. The average Bonchev–Trinajstić information content (AvgIpc) is 1.62. The number of fused-ring (bicyclic) bond motifs is 10. The summed E-state index contributed by atoms with van der Waals surface area (Å²) in [6, 6.07) is 45.1. The summed E-state index contributed by atoms with van der Waals surface area (Å²) in [4.78, 5) is 4.87. The second-order valence-electron chi connectivity index (χ2n) is 20.1. The second kappa shape index (κ2) is 18.1. The molecule has 0 unspecified atom stereocenters. The third-order valence-corrected chi connectivity index (χ3v) is 14.5. The molecule has 0 spiro atoms. The highest BCUT2D eigenvalue weighted by atomic mass is 16.5. The highest BCUT2D eigenvalue weighted by Gasteiger charge is 2.29. The van der Waals surface area contributed by atoms with Crippen LogP contribution in [0.15, 0.2) is 236 Å². The van der Waals surface area contributed by atoms with E-state index >= 15 is 0 Å². The van der Waals surface area contributed by atoms with Crippen LogP contribution in [0.4, 0.5) is 0 Å². The first-order valence-electron chi connectivity index (χ1n) is 33.2. The number of aromatic nitrogens is 4. The fraction of sp³-hybridized carbons (Fsp3) is 0.0833. The van der Waals surface area contributed by atoms with Crippen LogP contribution in [0.5, 0.6) is 11.5 Å². The van der Waals surface area contributed by atoms with Crippen molar-refractivity contribution in [1.29, 1.82) is 0 Å². The molecule has 0 fully saturated rings. The van der Waals surface area contributed by atoms with Gasteiger partial charge < -0.3 is 4.74 Å². The number of nitrogens with zero attached hydrogens (tertiary/aromatic N) is 4. The second-order valence-corrected chi connectivity index (χ2v) is 20.1. The third kappa shape index (κ3) is 7.68. The molecule has 0 amide bonds. The molecule has 1 aliphatic rings. The van der Waals surface area contributed by atoms with Crippen LogP contribution in [0.25, 0.3) is 117 Å². The van der Waals surface area contributed by atoms with E-state index in [2.05, 4.69) is 49.9 Å². The summed E-state index contributed by atoms with van der Waals surface area (Å²) in [5, 5.41) is 2.00. The molecule has 0 saturated heterocycles. The van der Waals surface area contributed by atoms with Gasteiger partial charge in [-0.3, -0.25) is 13.7 Å². The SMILES string of the molecule is [2H]c1c([2H])c([2H])c(-c2cc3c4c(c2)n(-c2cccc(Oc5ccc6c7ccccc7n(-c7cc(C(C)(C)C)ccn7)c6c5)c2)[c-][n+]4-c2c(cccc2-c2c(C([2H])([2H])[2H])cccc2C([2H])([2H])[2H])-c2cccc(-c4c([2H])c([2H])c([2H])c([2H])c4[2H])c2-c2ccccc2-3)c([2H])c1[2H]. The Morgan fingerprint density at radius 3 is 1.96 bits per heavy atom. The maximum Gasteiger partial charge on any atom is 0.269 e. The van der Waals surface area contributed by atoms with Gasteiger partial charge in [0.15, 0.2) is 0 Å². The number of ether oxygens (including phenoxy) is 1. The van der Waals surface area contributed by atoms with Crippen LogP contribution in [-0.4, -0.2) is 14.1 Å². The Labute approximate surface area is 471 Å². The van der Waals surface area contributed by atoms with Gasteiger partial charge in [-0.25, -0.2) is 4.98 Å². The minimum absolute atomic E-state index is 0.0994. The number of hydrogen-bond donors (Lipinski definition) is 0. The van der Waals surface area contributed by atoms with Crippen LogP contribution in [0.2, 0.25) is 0 Å². The van der Waals surface area contributed by atoms with E-state index < -0.39 is 74.1 Å². The molecule has 368 valence electrons. The predicted molar refractivity (Wildman–Crippen MR) is 317 cm³/mol. The lowest BCUT2D eigenvalue weighted by Gasteiger charge is -2.22. The summed E-state index contributed by atoms with van der Waals surface area (Å²) in [5.41, 5.74) is 6.39. The molecular formula is C72H54N4O. The van der Waals surface area contributed by atoms with E-state index in [0.29, 0.717) is 61.6 Å². The van der Waals surface area contributed by atoms with Gasteiger partial charge in [0.05, 0.1) is 47.1 Å². The molecule has 77 heavy (non-hydrogen) atoms. The summed E-state index contributed by atoms with van der Waals surface area (Å²) in [5.74, 6) is 1.62.